The maximum absolute atomic E-state index is 12.2. The molecule has 1 saturated carbocycles. The van der Waals surface area contributed by atoms with Gasteiger partial charge in [0, 0.05) is 24.6 Å². The molecule has 0 radical (unpaired) electrons. The van der Waals surface area contributed by atoms with Crippen molar-refractivity contribution in [3.63, 3.8) is 0 Å². The molecule has 0 aromatic heterocycles. The first-order chi connectivity index (χ1) is 9.65. The van der Waals surface area contributed by atoms with Crippen LogP contribution in [0.2, 0.25) is 0 Å². The van der Waals surface area contributed by atoms with E-state index in [1.165, 1.54) is 4.90 Å². The standard InChI is InChI=1S/C15H16N2O3/c18-13(16-11-5-6-11)7-8-17-14(19)9-10-3-1-2-4-12(10)15(17)20/h1-4,11H,5-9H2,(H,16,18). The summed E-state index contributed by atoms with van der Waals surface area (Å²) in [5.41, 5.74) is 1.33. The highest BCUT2D eigenvalue weighted by atomic mass is 16.2. The number of benzene rings is 1. The van der Waals surface area contributed by atoms with E-state index in [2.05, 4.69) is 5.32 Å². The number of nitrogens with zero attached hydrogens (tertiary/aromatic N) is 1. The monoisotopic (exact) mass is 272 g/mol. The Labute approximate surface area is 116 Å². The summed E-state index contributed by atoms with van der Waals surface area (Å²) in [5, 5.41) is 2.85. The molecule has 1 aliphatic carbocycles. The zero-order chi connectivity index (χ0) is 14.1. The van der Waals surface area contributed by atoms with Gasteiger partial charge in [0.15, 0.2) is 0 Å². The molecule has 1 N–H and O–H groups in total. The normalized spacial score (nSPS) is 17.9. The van der Waals surface area contributed by atoms with Crippen molar-refractivity contribution in [2.75, 3.05) is 6.54 Å². The maximum atomic E-state index is 12.2. The number of hydrogen-bond donors (Lipinski definition) is 1. The van der Waals surface area contributed by atoms with Crippen LogP contribution in [0.4, 0.5) is 0 Å². The number of imide groups is 1. The number of fused-ring (bicyclic) bond motifs is 1. The van der Waals surface area contributed by atoms with Gasteiger partial charge in [-0.25, -0.2) is 0 Å². The topological polar surface area (TPSA) is 66.5 Å². The van der Waals surface area contributed by atoms with Crippen LogP contribution in [0.3, 0.4) is 0 Å². The molecule has 0 atom stereocenters. The highest BCUT2D eigenvalue weighted by Gasteiger charge is 2.31. The summed E-state index contributed by atoms with van der Waals surface area (Å²) < 4.78 is 0. The quantitative estimate of drug-likeness (QED) is 0.827. The zero-order valence-electron chi connectivity index (χ0n) is 11.1. The van der Waals surface area contributed by atoms with Crippen LogP contribution in [0, 0.1) is 0 Å². The van der Waals surface area contributed by atoms with Gasteiger partial charge in [0.25, 0.3) is 5.91 Å². The molecule has 2 aliphatic rings. The minimum atomic E-state index is -0.295. The van der Waals surface area contributed by atoms with Crippen molar-refractivity contribution in [1.82, 2.24) is 10.2 Å². The lowest BCUT2D eigenvalue weighted by atomic mass is 9.98. The van der Waals surface area contributed by atoms with Crippen LogP contribution in [0.15, 0.2) is 24.3 Å². The van der Waals surface area contributed by atoms with Gasteiger partial charge in [-0.15, -0.1) is 0 Å². The summed E-state index contributed by atoms with van der Waals surface area (Å²) in [4.78, 5) is 37.1. The number of nitrogens with one attached hydrogen (secondary N) is 1. The van der Waals surface area contributed by atoms with Crippen molar-refractivity contribution in [2.24, 2.45) is 0 Å². The minimum absolute atomic E-state index is 0.0908. The van der Waals surface area contributed by atoms with E-state index < -0.39 is 0 Å². The fraction of sp³-hybridized carbons (Fsp3) is 0.400. The predicted molar refractivity (Wildman–Crippen MR) is 72.0 cm³/mol. The summed E-state index contributed by atoms with van der Waals surface area (Å²) in [6.07, 6.45) is 2.46. The van der Waals surface area contributed by atoms with Crippen molar-refractivity contribution in [2.45, 2.75) is 31.7 Å². The fourth-order valence-corrected chi connectivity index (χ4v) is 2.37. The molecular formula is C15H16N2O3. The van der Waals surface area contributed by atoms with Gasteiger partial charge in [0.2, 0.25) is 11.8 Å². The molecule has 0 saturated heterocycles. The molecule has 3 amide bonds. The molecule has 1 aliphatic heterocycles. The molecule has 20 heavy (non-hydrogen) atoms. The molecule has 1 aromatic rings. The summed E-state index contributed by atoms with van der Waals surface area (Å²) >= 11 is 0. The molecule has 1 heterocycles. The summed E-state index contributed by atoms with van der Waals surface area (Å²) in [6.45, 7) is 0.157. The third-order valence-corrected chi connectivity index (χ3v) is 3.64. The Morgan fingerprint density at radius 1 is 1.25 bits per heavy atom. The van der Waals surface area contributed by atoms with E-state index in [0.29, 0.717) is 11.6 Å². The van der Waals surface area contributed by atoms with Crippen LogP contribution in [0.25, 0.3) is 0 Å². The van der Waals surface area contributed by atoms with Crippen LogP contribution < -0.4 is 5.32 Å². The second kappa shape index (κ2) is 5.07. The Morgan fingerprint density at radius 2 is 2.00 bits per heavy atom. The fourth-order valence-electron chi connectivity index (χ4n) is 2.37. The highest BCUT2D eigenvalue weighted by Crippen LogP contribution is 2.20. The smallest absolute Gasteiger partial charge is 0.260 e. The van der Waals surface area contributed by atoms with Gasteiger partial charge in [0.05, 0.1) is 6.42 Å². The van der Waals surface area contributed by atoms with Crippen LogP contribution in [-0.2, 0) is 16.0 Å². The molecular weight excluding hydrogens is 256 g/mol. The first kappa shape index (κ1) is 12.8. The van der Waals surface area contributed by atoms with Crippen LogP contribution in [-0.4, -0.2) is 35.2 Å². The van der Waals surface area contributed by atoms with E-state index >= 15 is 0 Å². The third kappa shape index (κ3) is 2.57. The Hall–Kier alpha value is -2.17. The lowest BCUT2D eigenvalue weighted by Gasteiger charge is -2.26. The third-order valence-electron chi connectivity index (χ3n) is 3.64. The van der Waals surface area contributed by atoms with Gasteiger partial charge in [-0.05, 0) is 24.5 Å². The number of hydrogen-bond acceptors (Lipinski definition) is 3. The first-order valence-electron chi connectivity index (χ1n) is 6.87. The van der Waals surface area contributed by atoms with Gasteiger partial charge in [0.1, 0.15) is 0 Å². The van der Waals surface area contributed by atoms with Crippen LogP contribution in [0.5, 0.6) is 0 Å². The number of carbonyl (C=O) groups is 3. The van der Waals surface area contributed by atoms with E-state index in [9.17, 15) is 14.4 Å². The van der Waals surface area contributed by atoms with Gasteiger partial charge in [-0.2, -0.15) is 0 Å². The number of rotatable bonds is 4. The van der Waals surface area contributed by atoms with Crippen molar-refractivity contribution in [3.05, 3.63) is 35.4 Å². The molecule has 0 unspecified atom stereocenters. The molecule has 3 rings (SSSR count). The second-order valence-electron chi connectivity index (χ2n) is 5.28. The lowest BCUT2D eigenvalue weighted by Crippen LogP contribution is -2.44. The summed E-state index contributed by atoms with van der Waals surface area (Å²) in [5.74, 6) is -0.615. The van der Waals surface area contributed by atoms with Crippen molar-refractivity contribution in [3.8, 4) is 0 Å². The van der Waals surface area contributed by atoms with Crippen LogP contribution in [0.1, 0.15) is 35.2 Å². The van der Waals surface area contributed by atoms with Gasteiger partial charge >= 0.3 is 0 Å². The van der Waals surface area contributed by atoms with E-state index in [0.717, 1.165) is 18.4 Å². The molecule has 1 aromatic carbocycles. The average Bonchev–Trinajstić information content (AvgIpc) is 3.22. The van der Waals surface area contributed by atoms with E-state index in [1.807, 2.05) is 6.07 Å². The molecule has 0 bridgehead atoms. The van der Waals surface area contributed by atoms with Gasteiger partial charge in [-0.3, -0.25) is 19.3 Å². The zero-order valence-corrected chi connectivity index (χ0v) is 11.1. The van der Waals surface area contributed by atoms with Crippen LogP contribution >= 0.6 is 0 Å². The first-order valence-corrected chi connectivity index (χ1v) is 6.87. The molecule has 0 spiro atoms. The SMILES string of the molecule is O=C(CCN1C(=O)Cc2ccccc2C1=O)NC1CC1. The van der Waals surface area contributed by atoms with Crippen molar-refractivity contribution >= 4 is 17.7 Å². The summed E-state index contributed by atoms with van der Waals surface area (Å²) in [6, 6.07) is 7.42. The summed E-state index contributed by atoms with van der Waals surface area (Å²) in [7, 11) is 0. The van der Waals surface area contributed by atoms with E-state index in [4.69, 9.17) is 0 Å². The second-order valence-corrected chi connectivity index (χ2v) is 5.28. The maximum Gasteiger partial charge on any atom is 0.260 e. The molecule has 5 heteroatoms. The van der Waals surface area contributed by atoms with Crippen molar-refractivity contribution in [1.29, 1.82) is 0 Å². The number of amides is 3. The number of carbonyl (C=O) groups excluding carboxylic acids is 3. The Morgan fingerprint density at radius 3 is 2.75 bits per heavy atom. The van der Waals surface area contributed by atoms with Gasteiger partial charge < -0.3 is 5.32 Å². The minimum Gasteiger partial charge on any atom is -0.353 e. The van der Waals surface area contributed by atoms with Crippen molar-refractivity contribution < 1.29 is 14.4 Å². The Bertz CT molecular complexity index is 578. The molecule has 104 valence electrons. The Balaban J connectivity index is 1.66. The molecule has 1 fully saturated rings. The Kier molecular flexibility index (Phi) is 3.26. The van der Waals surface area contributed by atoms with E-state index in [1.54, 1.807) is 18.2 Å². The lowest BCUT2D eigenvalue weighted by molar-refractivity contribution is -0.129. The van der Waals surface area contributed by atoms with E-state index in [-0.39, 0.29) is 37.1 Å². The average molecular weight is 272 g/mol. The van der Waals surface area contributed by atoms with Gasteiger partial charge in [-0.1, -0.05) is 18.2 Å². The highest BCUT2D eigenvalue weighted by molar-refractivity contribution is 6.09. The molecule has 5 nitrogen and oxygen atoms in total. The predicted octanol–water partition coefficient (Wildman–Crippen LogP) is 0.880. The largest absolute Gasteiger partial charge is 0.353 e.